The number of nitrogens with one attached hydrogen (secondary N) is 3. The molecule has 3 heterocycles. The lowest BCUT2D eigenvalue weighted by atomic mass is 9.91. The van der Waals surface area contributed by atoms with Gasteiger partial charge in [0.05, 0.1) is 12.8 Å². The summed E-state index contributed by atoms with van der Waals surface area (Å²) >= 11 is 1.24. The quantitative estimate of drug-likeness (QED) is 0.148. The number of aliphatic hydroxyl groups is 1. The summed E-state index contributed by atoms with van der Waals surface area (Å²) < 4.78 is 20.4. The molecule has 4 N–H and O–H groups in total. The maximum Gasteiger partial charge on any atom is 0.270 e. The van der Waals surface area contributed by atoms with Crippen molar-refractivity contribution in [1.29, 1.82) is 0 Å². The van der Waals surface area contributed by atoms with Crippen LogP contribution in [0.15, 0.2) is 66.2 Å². The number of rotatable bonds is 12. The molecule has 0 spiro atoms. The summed E-state index contributed by atoms with van der Waals surface area (Å²) in [6, 6.07) is 18.1. The standard InChI is InChI=1S/C38H45FN6O4S/c1-24-20-45(21-25(2)41-24)16-4-5-26-8-10-27(11-9-26)28-6-3-7-32(17-28)49-38-33(18-29(39)19-40-38)36(47)42-30-12-14-31(15-13-30)43-37(48)34-23-50-35(22-46)44-34/h3,6-11,17-19,23-25,30-31,41,46H,4-5,12-16,20-22H2,1-2H3,(H,42,47)(H,43,48)/t24-,25+,30-,31-. The van der Waals surface area contributed by atoms with Crippen molar-refractivity contribution < 1.29 is 23.8 Å². The van der Waals surface area contributed by atoms with E-state index in [4.69, 9.17) is 4.74 Å². The summed E-state index contributed by atoms with van der Waals surface area (Å²) in [6.45, 7) is 7.57. The molecule has 6 rings (SSSR count). The lowest BCUT2D eigenvalue weighted by Gasteiger charge is -2.36. The first-order chi connectivity index (χ1) is 24.2. The van der Waals surface area contributed by atoms with Gasteiger partial charge in [0.1, 0.15) is 27.8 Å². The number of amides is 2. The Balaban J connectivity index is 1.02. The molecule has 2 aromatic carbocycles. The highest BCUT2D eigenvalue weighted by molar-refractivity contribution is 7.09. The van der Waals surface area contributed by atoms with Crippen LogP contribution in [0.25, 0.3) is 11.1 Å². The van der Waals surface area contributed by atoms with E-state index in [0.717, 1.165) is 55.9 Å². The van der Waals surface area contributed by atoms with Crippen LogP contribution in [0, 0.1) is 5.82 Å². The number of thiazole rings is 1. The lowest BCUT2D eigenvalue weighted by Crippen LogP contribution is -2.54. The zero-order valence-electron chi connectivity index (χ0n) is 28.5. The second-order valence-corrected chi connectivity index (χ2v) is 14.4. The van der Waals surface area contributed by atoms with Crippen molar-refractivity contribution in [2.24, 2.45) is 0 Å². The molecule has 50 heavy (non-hydrogen) atoms. The molecular weight excluding hydrogens is 656 g/mol. The molecule has 1 aliphatic carbocycles. The third kappa shape index (κ3) is 9.51. The molecular formula is C38H45FN6O4S. The van der Waals surface area contributed by atoms with Gasteiger partial charge in [-0.25, -0.2) is 14.4 Å². The van der Waals surface area contributed by atoms with E-state index in [2.05, 4.69) is 68.9 Å². The van der Waals surface area contributed by atoms with Gasteiger partial charge >= 0.3 is 0 Å². The SMILES string of the molecule is C[C@@H]1CN(CCCc2ccc(-c3cccc(Oc4ncc(F)cc4C(=O)N[C@H]4CC[C@H](NC(=O)c5csc(CO)n5)CC4)c3)cc2)C[C@H](C)N1. The van der Waals surface area contributed by atoms with Crippen LogP contribution in [0.3, 0.4) is 0 Å². The Morgan fingerprint density at radius 2 is 1.68 bits per heavy atom. The molecule has 2 aliphatic rings. The van der Waals surface area contributed by atoms with E-state index >= 15 is 0 Å². The normalized spacial score (nSPS) is 21.0. The number of carbonyl (C=O) groups is 2. The fourth-order valence-electron chi connectivity index (χ4n) is 6.91. The molecule has 2 fully saturated rings. The highest BCUT2D eigenvalue weighted by atomic mass is 32.1. The predicted octanol–water partition coefficient (Wildman–Crippen LogP) is 5.71. The number of aliphatic hydroxyl groups excluding tert-OH is 1. The Hall–Kier alpha value is -4.23. The topological polar surface area (TPSA) is 129 Å². The number of aromatic nitrogens is 2. The zero-order chi connectivity index (χ0) is 35.0. The van der Waals surface area contributed by atoms with Gasteiger partial charge in [0, 0.05) is 42.6 Å². The van der Waals surface area contributed by atoms with Gasteiger partial charge < -0.3 is 30.7 Å². The largest absolute Gasteiger partial charge is 0.438 e. The summed E-state index contributed by atoms with van der Waals surface area (Å²) in [5.41, 5.74) is 3.61. The number of carbonyl (C=O) groups excluding carboxylic acids is 2. The van der Waals surface area contributed by atoms with Crippen molar-refractivity contribution >= 4 is 23.2 Å². The minimum atomic E-state index is -0.633. The Morgan fingerprint density at radius 1 is 0.980 bits per heavy atom. The molecule has 0 radical (unpaired) electrons. The first kappa shape index (κ1) is 35.6. The van der Waals surface area contributed by atoms with E-state index in [1.807, 2.05) is 18.2 Å². The average molecular weight is 701 g/mol. The molecule has 1 aliphatic heterocycles. The van der Waals surface area contributed by atoms with Crippen molar-refractivity contribution in [2.75, 3.05) is 19.6 Å². The van der Waals surface area contributed by atoms with Gasteiger partial charge in [-0.3, -0.25) is 9.59 Å². The molecule has 2 aromatic heterocycles. The highest BCUT2D eigenvalue weighted by Crippen LogP contribution is 2.29. The third-order valence-corrected chi connectivity index (χ3v) is 10.1. The Bertz CT molecular complexity index is 1750. The summed E-state index contributed by atoms with van der Waals surface area (Å²) in [6.07, 6.45) is 5.80. The molecule has 12 heteroatoms. The molecule has 1 saturated carbocycles. The molecule has 2 amide bonds. The number of nitrogens with zero attached hydrogens (tertiary/aromatic N) is 3. The number of halogens is 1. The number of pyridine rings is 1. The number of hydrogen-bond acceptors (Lipinski definition) is 9. The molecule has 264 valence electrons. The maximum absolute atomic E-state index is 14.3. The van der Waals surface area contributed by atoms with Gasteiger partial charge in [-0.2, -0.15) is 0 Å². The van der Waals surface area contributed by atoms with Crippen LogP contribution in [0.4, 0.5) is 4.39 Å². The number of hydrogen-bond donors (Lipinski definition) is 4. The molecule has 10 nitrogen and oxygen atoms in total. The van der Waals surface area contributed by atoms with Crippen LogP contribution in [-0.2, 0) is 13.0 Å². The van der Waals surface area contributed by atoms with Crippen LogP contribution >= 0.6 is 11.3 Å². The molecule has 4 aromatic rings. The second-order valence-electron chi connectivity index (χ2n) is 13.4. The van der Waals surface area contributed by atoms with E-state index in [1.54, 1.807) is 11.4 Å². The number of benzene rings is 2. The van der Waals surface area contributed by atoms with E-state index in [1.165, 1.54) is 16.9 Å². The fraction of sp³-hybridized carbons (Fsp3) is 0.421. The number of piperazine rings is 1. The fourth-order valence-corrected chi connectivity index (χ4v) is 7.54. The maximum atomic E-state index is 14.3. The average Bonchev–Trinajstić information content (AvgIpc) is 3.60. The van der Waals surface area contributed by atoms with Crippen molar-refractivity contribution in [3.63, 3.8) is 0 Å². The minimum Gasteiger partial charge on any atom is -0.438 e. The highest BCUT2D eigenvalue weighted by Gasteiger charge is 2.27. The van der Waals surface area contributed by atoms with Gasteiger partial charge in [0.2, 0.25) is 5.88 Å². The Morgan fingerprint density at radius 3 is 2.36 bits per heavy atom. The van der Waals surface area contributed by atoms with Gasteiger partial charge in [0.15, 0.2) is 0 Å². The van der Waals surface area contributed by atoms with Gasteiger partial charge in [-0.05, 0) is 93.8 Å². The smallest absolute Gasteiger partial charge is 0.270 e. The molecule has 0 bridgehead atoms. The molecule has 2 atom stereocenters. The van der Waals surface area contributed by atoms with Gasteiger partial charge in [-0.1, -0.05) is 36.4 Å². The van der Waals surface area contributed by atoms with Crippen molar-refractivity contribution in [3.05, 3.63) is 93.8 Å². The first-order valence-corrected chi connectivity index (χ1v) is 18.3. The van der Waals surface area contributed by atoms with E-state index in [9.17, 15) is 19.1 Å². The lowest BCUT2D eigenvalue weighted by molar-refractivity contribution is 0.0887. The summed E-state index contributed by atoms with van der Waals surface area (Å²) in [5, 5.41) is 20.9. The number of ether oxygens (including phenoxy) is 1. The van der Waals surface area contributed by atoms with Crippen molar-refractivity contribution in [2.45, 2.75) is 83.1 Å². The Labute approximate surface area is 296 Å². The van der Waals surface area contributed by atoms with E-state index in [0.29, 0.717) is 54.2 Å². The second kappa shape index (κ2) is 16.7. The van der Waals surface area contributed by atoms with E-state index in [-0.39, 0.29) is 36.0 Å². The predicted molar refractivity (Wildman–Crippen MR) is 192 cm³/mol. The zero-order valence-corrected chi connectivity index (χ0v) is 29.3. The summed E-state index contributed by atoms with van der Waals surface area (Å²) in [7, 11) is 0. The van der Waals surface area contributed by atoms with Crippen LogP contribution in [-0.4, -0.2) is 75.6 Å². The Kier molecular flexibility index (Phi) is 11.9. The van der Waals surface area contributed by atoms with Crippen molar-refractivity contribution in [1.82, 2.24) is 30.8 Å². The first-order valence-electron chi connectivity index (χ1n) is 17.4. The summed E-state index contributed by atoms with van der Waals surface area (Å²) in [4.78, 5) is 36.7. The third-order valence-electron chi connectivity index (χ3n) is 9.29. The van der Waals surface area contributed by atoms with Gasteiger partial charge in [0.25, 0.3) is 11.8 Å². The monoisotopic (exact) mass is 700 g/mol. The number of aryl methyl sites for hydroxylation is 1. The summed E-state index contributed by atoms with van der Waals surface area (Å²) in [5.74, 6) is -0.862. The minimum absolute atomic E-state index is 0.0168. The van der Waals surface area contributed by atoms with Crippen LogP contribution in [0.5, 0.6) is 11.6 Å². The molecule has 1 saturated heterocycles. The van der Waals surface area contributed by atoms with Crippen LogP contribution in [0.1, 0.15) is 77.4 Å². The molecule has 0 unspecified atom stereocenters. The van der Waals surface area contributed by atoms with Gasteiger partial charge in [-0.15, -0.1) is 11.3 Å². The van der Waals surface area contributed by atoms with Crippen molar-refractivity contribution in [3.8, 4) is 22.8 Å². The van der Waals surface area contributed by atoms with Crippen LogP contribution < -0.4 is 20.7 Å². The van der Waals surface area contributed by atoms with E-state index < -0.39 is 11.7 Å². The van der Waals surface area contributed by atoms with Crippen LogP contribution in [0.2, 0.25) is 0 Å².